The summed E-state index contributed by atoms with van der Waals surface area (Å²) in [4.78, 5) is 23.1. The highest BCUT2D eigenvalue weighted by Gasteiger charge is 2.52. The van der Waals surface area contributed by atoms with Gasteiger partial charge in [-0.1, -0.05) is 105 Å². The highest BCUT2D eigenvalue weighted by molar-refractivity contribution is 7.99. The molecule has 0 atom stereocenters. The van der Waals surface area contributed by atoms with Crippen molar-refractivity contribution in [3.05, 3.63) is 127 Å². The molecule has 2 fully saturated rings. The third-order valence-electron chi connectivity index (χ3n) is 11.2. The monoisotopic (exact) mass is 753 g/mol. The van der Waals surface area contributed by atoms with Crippen LogP contribution in [0.25, 0.3) is 0 Å². The molecule has 54 heavy (non-hydrogen) atoms. The zero-order valence-corrected chi connectivity index (χ0v) is 33.6. The van der Waals surface area contributed by atoms with Crippen LogP contribution in [0, 0.1) is 0 Å². The van der Waals surface area contributed by atoms with E-state index in [-0.39, 0.29) is 17.7 Å². The summed E-state index contributed by atoms with van der Waals surface area (Å²) in [6, 6.07) is 42.5. The van der Waals surface area contributed by atoms with E-state index in [1.165, 1.54) is 60.3 Å². The molecule has 3 heterocycles. The maximum absolute atomic E-state index is 14.2. The fourth-order valence-corrected chi connectivity index (χ4v) is 13.9. The Kier molecular flexibility index (Phi) is 10.5. The summed E-state index contributed by atoms with van der Waals surface area (Å²) in [5.41, 5.74) is 5.11. The van der Waals surface area contributed by atoms with Crippen LogP contribution in [0.3, 0.4) is 0 Å². The predicted molar refractivity (Wildman–Crippen MR) is 226 cm³/mol. The molecule has 0 aliphatic carbocycles. The second-order valence-electron chi connectivity index (χ2n) is 15.8. The molecule has 0 radical (unpaired) electrons. The van der Waals surface area contributed by atoms with Gasteiger partial charge in [0.15, 0.2) is 0 Å². The van der Waals surface area contributed by atoms with Gasteiger partial charge < -0.3 is 19.0 Å². The SMILES string of the molecule is CC(C)(C)[Si](Oc1ccc(COC(=O)N2c3ccc(N4CCCCC4)cc3Sc3cc(N4CCCCC4)ccc32)cc1)(c1ccccc1)c1ccccc1. The number of fused-ring (bicyclic) bond motifs is 2. The first kappa shape index (κ1) is 36.3. The van der Waals surface area contributed by atoms with Crippen molar-refractivity contribution in [1.29, 1.82) is 0 Å². The van der Waals surface area contributed by atoms with Crippen LogP contribution >= 0.6 is 11.8 Å². The molecule has 278 valence electrons. The molecule has 2 saturated heterocycles. The van der Waals surface area contributed by atoms with Crippen LogP contribution in [0.15, 0.2) is 131 Å². The highest BCUT2D eigenvalue weighted by atomic mass is 32.2. The first-order chi connectivity index (χ1) is 26.3. The third kappa shape index (κ3) is 7.26. The van der Waals surface area contributed by atoms with Gasteiger partial charge >= 0.3 is 14.4 Å². The minimum Gasteiger partial charge on any atom is -0.534 e. The lowest BCUT2D eigenvalue weighted by Gasteiger charge is -2.43. The summed E-state index contributed by atoms with van der Waals surface area (Å²) in [5, 5.41) is 2.31. The van der Waals surface area contributed by atoms with Crippen molar-refractivity contribution in [3.63, 3.8) is 0 Å². The van der Waals surface area contributed by atoms with Crippen molar-refractivity contribution in [1.82, 2.24) is 0 Å². The number of anilines is 4. The van der Waals surface area contributed by atoms with Gasteiger partial charge in [-0.25, -0.2) is 9.69 Å². The second-order valence-corrected chi connectivity index (χ2v) is 21.1. The number of benzene rings is 5. The Hall–Kier alpha value is -4.66. The van der Waals surface area contributed by atoms with Gasteiger partial charge in [0.25, 0.3) is 0 Å². The normalized spacial score (nSPS) is 16.0. The van der Waals surface area contributed by atoms with Crippen molar-refractivity contribution in [2.45, 2.75) is 80.7 Å². The number of carbonyl (C=O) groups excluding carboxylic acids is 1. The van der Waals surface area contributed by atoms with E-state index in [2.05, 4.69) is 128 Å². The van der Waals surface area contributed by atoms with E-state index in [1.807, 2.05) is 24.3 Å². The first-order valence-corrected chi connectivity index (χ1v) is 22.3. The van der Waals surface area contributed by atoms with Gasteiger partial charge in [0.05, 0.1) is 11.4 Å². The van der Waals surface area contributed by atoms with Crippen LogP contribution in [0.2, 0.25) is 5.04 Å². The van der Waals surface area contributed by atoms with Gasteiger partial charge in [-0.15, -0.1) is 0 Å². The number of carbonyl (C=O) groups is 1. The Morgan fingerprint density at radius 2 is 1.11 bits per heavy atom. The number of hydrogen-bond acceptors (Lipinski definition) is 6. The summed E-state index contributed by atoms with van der Waals surface area (Å²) >= 11 is 1.77. The minimum absolute atomic E-state index is 0.147. The molecule has 0 N–H and O–H groups in total. The zero-order chi connectivity index (χ0) is 37.1. The molecular weight excluding hydrogens is 703 g/mol. The number of ether oxygens (including phenoxy) is 1. The highest BCUT2D eigenvalue weighted by Crippen LogP contribution is 2.51. The Bertz CT molecular complexity index is 1950. The topological polar surface area (TPSA) is 45.3 Å². The fraction of sp³-hybridized carbons (Fsp3) is 0.326. The van der Waals surface area contributed by atoms with Gasteiger partial charge in [0.1, 0.15) is 12.4 Å². The maximum Gasteiger partial charge on any atom is 0.419 e. The first-order valence-electron chi connectivity index (χ1n) is 19.6. The molecule has 8 heteroatoms. The smallest absolute Gasteiger partial charge is 0.419 e. The van der Waals surface area contributed by atoms with Crippen LogP contribution in [0.5, 0.6) is 5.75 Å². The largest absolute Gasteiger partial charge is 0.534 e. The van der Waals surface area contributed by atoms with Crippen LogP contribution in [0.4, 0.5) is 27.5 Å². The number of nitrogens with zero attached hydrogens (tertiary/aromatic N) is 3. The summed E-state index contributed by atoms with van der Waals surface area (Å²) in [6.07, 6.45) is 7.09. The van der Waals surface area contributed by atoms with Gasteiger partial charge in [-0.2, -0.15) is 0 Å². The molecule has 1 amide bonds. The van der Waals surface area contributed by atoms with Crippen LogP contribution in [0.1, 0.15) is 64.9 Å². The lowest BCUT2D eigenvalue weighted by molar-refractivity contribution is 0.149. The number of amides is 1. The molecule has 0 bridgehead atoms. The molecular formula is C46H51N3O3SSi. The van der Waals surface area contributed by atoms with E-state index in [1.54, 1.807) is 16.7 Å². The van der Waals surface area contributed by atoms with Gasteiger partial charge in [0, 0.05) is 47.3 Å². The molecule has 0 saturated carbocycles. The van der Waals surface area contributed by atoms with Crippen molar-refractivity contribution >= 4 is 59.3 Å². The van der Waals surface area contributed by atoms with E-state index >= 15 is 0 Å². The van der Waals surface area contributed by atoms with Gasteiger partial charge in [-0.3, -0.25) is 0 Å². The Labute approximate surface area is 326 Å². The zero-order valence-electron chi connectivity index (χ0n) is 31.8. The van der Waals surface area contributed by atoms with E-state index in [0.717, 1.165) is 58.7 Å². The summed E-state index contributed by atoms with van der Waals surface area (Å²) in [6.45, 7) is 11.3. The molecule has 3 aliphatic rings. The summed E-state index contributed by atoms with van der Waals surface area (Å²) in [5.74, 6) is 0.810. The van der Waals surface area contributed by atoms with E-state index < -0.39 is 8.32 Å². The van der Waals surface area contributed by atoms with Crippen molar-refractivity contribution in [3.8, 4) is 5.75 Å². The quantitative estimate of drug-likeness (QED) is 0.147. The number of piperidine rings is 2. The van der Waals surface area contributed by atoms with Gasteiger partial charge in [-0.05, 0) is 108 Å². The van der Waals surface area contributed by atoms with Crippen molar-refractivity contribution in [2.24, 2.45) is 0 Å². The molecule has 0 aromatic heterocycles. The molecule has 0 unspecified atom stereocenters. The average Bonchev–Trinajstić information content (AvgIpc) is 3.22. The lowest BCUT2D eigenvalue weighted by Crippen LogP contribution is -2.68. The Balaban J connectivity index is 1.05. The summed E-state index contributed by atoms with van der Waals surface area (Å²) in [7, 11) is -2.76. The van der Waals surface area contributed by atoms with E-state index in [0.29, 0.717) is 0 Å². The molecule has 5 aromatic carbocycles. The fourth-order valence-electron chi connectivity index (χ4n) is 8.37. The van der Waals surface area contributed by atoms with Gasteiger partial charge in [0.2, 0.25) is 0 Å². The molecule has 0 spiro atoms. The van der Waals surface area contributed by atoms with Crippen LogP contribution < -0.4 is 29.5 Å². The molecule has 3 aliphatic heterocycles. The minimum atomic E-state index is -2.76. The lowest BCUT2D eigenvalue weighted by atomic mass is 10.1. The number of hydrogen-bond donors (Lipinski definition) is 0. The second kappa shape index (κ2) is 15.6. The average molecular weight is 754 g/mol. The summed E-state index contributed by atoms with van der Waals surface area (Å²) < 4.78 is 13.3. The predicted octanol–water partition coefficient (Wildman–Crippen LogP) is 10.5. The van der Waals surface area contributed by atoms with Crippen molar-refractivity contribution < 1.29 is 14.0 Å². The van der Waals surface area contributed by atoms with E-state index in [9.17, 15) is 4.79 Å². The van der Waals surface area contributed by atoms with Crippen molar-refractivity contribution in [2.75, 3.05) is 40.9 Å². The maximum atomic E-state index is 14.2. The third-order valence-corrected chi connectivity index (χ3v) is 17.2. The Morgan fingerprint density at radius 1 is 0.630 bits per heavy atom. The number of rotatable bonds is 8. The Morgan fingerprint density at radius 3 is 1.57 bits per heavy atom. The molecule has 5 aromatic rings. The molecule has 6 nitrogen and oxygen atoms in total. The van der Waals surface area contributed by atoms with Crippen LogP contribution in [-0.4, -0.2) is 40.6 Å². The molecule has 8 rings (SSSR count). The van der Waals surface area contributed by atoms with Crippen LogP contribution in [-0.2, 0) is 11.3 Å². The van der Waals surface area contributed by atoms with E-state index in [4.69, 9.17) is 9.16 Å². The standard InChI is InChI=1S/C46H51N3O3SSi/c1-46(2,3)54(39-16-8-4-9-17-39,40-18-10-5-11-19-40)52-38-24-20-35(21-25-38)34-51-45(50)49-41-26-22-36(47-28-12-6-13-29-47)32-43(41)53-44-33-37(23-27-42(44)49)48-30-14-7-15-31-48/h4-5,8-11,16-27,32-33H,6-7,12-15,28-31,34H2,1-3H3.